The molecule has 0 bridgehead atoms. The maximum atomic E-state index is 11.1. The summed E-state index contributed by atoms with van der Waals surface area (Å²) in [5, 5.41) is 9.32. The first-order valence-corrected chi connectivity index (χ1v) is 3.96. The van der Waals surface area contributed by atoms with Crippen LogP contribution in [0.15, 0.2) is 0 Å². The van der Waals surface area contributed by atoms with Crippen LogP contribution in [0, 0.1) is 5.92 Å². The molecule has 0 aromatic rings. The molecule has 0 unspecified atom stereocenters. The third kappa shape index (κ3) is 1.37. The van der Waals surface area contributed by atoms with Gasteiger partial charge in [-0.15, -0.1) is 0 Å². The maximum Gasteiger partial charge on any atom is 0.138 e. The molecule has 1 rings (SSSR count). The van der Waals surface area contributed by atoms with Gasteiger partial charge in [0.15, 0.2) is 0 Å². The van der Waals surface area contributed by atoms with E-state index in [1.807, 2.05) is 6.92 Å². The molecule has 1 fully saturated rings. The molecule has 1 N–H and O–H groups in total. The predicted octanol–water partition coefficient (Wildman–Crippen LogP) is 1.13. The number of carbonyl (C=O) groups is 1. The quantitative estimate of drug-likeness (QED) is 0.595. The number of hydrogen-bond acceptors (Lipinski definition) is 2. The van der Waals surface area contributed by atoms with Crippen molar-refractivity contribution in [2.24, 2.45) is 5.92 Å². The zero-order chi connectivity index (χ0) is 7.56. The predicted molar refractivity (Wildman–Crippen MR) is 38.6 cm³/mol. The van der Waals surface area contributed by atoms with Gasteiger partial charge >= 0.3 is 0 Å². The summed E-state index contributed by atoms with van der Waals surface area (Å²) in [6.07, 6.45) is 2.79. The molecule has 0 aliphatic heterocycles. The smallest absolute Gasteiger partial charge is 0.138 e. The molecule has 1 saturated carbocycles. The fourth-order valence-electron chi connectivity index (χ4n) is 1.59. The van der Waals surface area contributed by atoms with Crippen molar-refractivity contribution >= 4 is 5.78 Å². The summed E-state index contributed by atoms with van der Waals surface area (Å²) in [5.41, 5.74) is 0. The van der Waals surface area contributed by atoms with Crippen LogP contribution in [-0.4, -0.2) is 17.0 Å². The third-order valence-corrected chi connectivity index (χ3v) is 2.24. The first-order chi connectivity index (χ1) is 4.75. The second-order valence-corrected chi connectivity index (χ2v) is 2.94. The average molecular weight is 142 g/mol. The Kier molecular flexibility index (Phi) is 2.44. The van der Waals surface area contributed by atoms with E-state index >= 15 is 0 Å². The number of ketones is 1. The van der Waals surface area contributed by atoms with E-state index < -0.39 is 0 Å². The first-order valence-electron chi connectivity index (χ1n) is 3.96. The molecule has 0 spiro atoms. The summed E-state index contributed by atoms with van der Waals surface area (Å²) in [6.45, 7) is 1.96. The van der Waals surface area contributed by atoms with Crippen LogP contribution in [0.3, 0.4) is 0 Å². The Balaban J connectivity index is 2.53. The van der Waals surface area contributed by atoms with Crippen molar-refractivity contribution in [2.45, 2.75) is 38.7 Å². The summed E-state index contributed by atoms with van der Waals surface area (Å²) >= 11 is 0. The van der Waals surface area contributed by atoms with E-state index in [-0.39, 0.29) is 17.8 Å². The lowest BCUT2D eigenvalue weighted by Gasteiger charge is -2.24. The van der Waals surface area contributed by atoms with Gasteiger partial charge in [0, 0.05) is 12.3 Å². The molecule has 1 aliphatic carbocycles. The lowest BCUT2D eigenvalue weighted by molar-refractivity contribution is -0.129. The molecule has 0 radical (unpaired) electrons. The number of rotatable bonds is 1. The molecule has 0 aromatic heterocycles. The van der Waals surface area contributed by atoms with Crippen molar-refractivity contribution < 1.29 is 9.90 Å². The summed E-state index contributed by atoms with van der Waals surface area (Å²) in [6, 6.07) is 0. The fourth-order valence-corrected chi connectivity index (χ4v) is 1.59. The van der Waals surface area contributed by atoms with E-state index in [2.05, 4.69) is 0 Å². The number of aliphatic hydroxyl groups is 1. The van der Waals surface area contributed by atoms with Gasteiger partial charge in [-0.25, -0.2) is 0 Å². The lowest BCUT2D eigenvalue weighted by atomic mass is 9.84. The molecule has 2 heteroatoms. The van der Waals surface area contributed by atoms with Crippen LogP contribution in [0.2, 0.25) is 0 Å². The van der Waals surface area contributed by atoms with Crippen molar-refractivity contribution in [3.05, 3.63) is 0 Å². The third-order valence-electron chi connectivity index (χ3n) is 2.24. The van der Waals surface area contributed by atoms with Crippen LogP contribution in [0.1, 0.15) is 32.6 Å². The van der Waals surface area contributed by atoms with Crippen LogP contribution in [-0.2, 0) is 4.79 Å². The van der Waals surface area contributed by atoms with Gasteiger partial charge in [0.05, 0.1) is 6.10 Å². The Labute approximate surface area is 61.2 Å². The van der Waals surface area contributed by atoms with E-state index in [9.17, 15) is 9.90 Å². The van der Waals surface area contributed by atoms with E-state index in [0.29, 0.717) is 6.42 Å². The maximum absolute atomic E-state index is 11.1. The zero-order valence-electron chi connectivity index (χ0n) is 6.34. The standard InChI is InChI=1S/C8H14O2/c1-2-6-7(9)4-3-5-8(6)10/h6-7,9H,2-5H2,1H3/t6-,7-/m0/s1. The number of aliphatic hydroxyl groups excluding tert-OH is 1. The highest BCUT2D eigenvalue weighted by molar-refractivity contribution is 5.82. The monoisotopic (exact) mass is 142 g/mol. The van der Waals surface area contributed by atoms with Crippen LogP contribution in [0.5, 0.6) is 0 Å². The summed E-state index contributed by atoms with van der Waals surface area (Å²) in [4.78, 5) is 11.1. The Bertz CT molecular complexity index is 131. The highest BCUT2D eigenvalue weighted by atomic mass is 16.3. The Hall–Kier alpha value is -0.370. The second kappa shape index (κ2) is 3.15. The van der Waals surface area contributed by atoms with Gasteiger partial charge in [0.1, 0.15) is 5.78 Å². The van der Waals surface area contributed by atoms with Crippen LogP contribution in [0.25, 0.3) is 0 Å². The summed E-state index contributed by atoms with van der Waals surface area (Å²) < 4.78 is 0. The van der Waals surface area contributed by atoms with Gasteiger partial charge in [-0.3, -0.25) is 4.79 Å². The van der Waals surface area contributed by atoms with Crippen molar-refractivity contribution in [3.8, 4) is 0 Å². The minimum Gasteiger partial charge on any atom is -0.392 e. The van der Waals surface area contributed by atoms with Gasteiger partial charge in [-0.05, 0) is 19.3 Å². The summed E-state index contributed by atoms with van der Waals surface area (Å²) in [5.74, 6) is 0.190. The van der Waals surface area contributed by atoms with Gasteiger partial charge < -0.3 is 5.11 Å². The lowest BCUT2D eigenvalue weighted by Crippen LogP contribution is -2.31. The largest absolute Gasteiger partial charge is 0.392 e. The van der Waals surface area contributed by atoms with Crippen molar-refractivity contribution in [2.75, 3.05) is 0 Å². The highest BCUT2D eigenvalue weighted by Crippen LogP contribution is 2.23. The minimum absolute atomic E-state index is 0.0613. The molecule has 0 amide bonds. The van der Waals surface area contributed by atoms with Crippen molar-refractivity contribution in [1.29, 1.82) is 0 Å². The highest BCUT2D eigenvalue weighted by Gasteiger charge is 2.28. The molecule has 0 saturated heterocycles. The van der Waals surface area contributed by atoms with E-state index in [4.69, 9.17) is 0 Å². The Morgan fingerprint density at radius 3 is 2.80 bits per heavy atom. The topological polar surface area (TPSA) is 37.3 Å². The van der Waals surface area contributed by atoms with Crippen molar-refractivity contribution in [3.63, 3.8) is 0 Å². The first kappa shape index (κ1) is 7.73. The fraction of sp³-hybridized carbons (Fsp3) is 0.875. The van der Waals surface area contributed by atoms with Gasteiger partial charge in [-0.1, -0.05) is 6.92 Å². The van der Waals surface area contributed by atoms with Gasteiger partial charge in [0.2, 0.25) is 0 Å². The summed E-state index contributed by atoms with van der Waals surface area (Å²) in [7, 11) is 0. The molecule has 2 atom stereocenters. The van der Waals surface area contributed by atoms with Crippen molar-refractivity contribution in [1.82, 2.24) is 0 Å². The molecule has 58 valence electrons. The molecule has 1 aliphatic rings. The average Bonchev–Trinajstić information content (AvgIpc) is 1.88. The number of Topliss-reactive ketones (excluding diaryl/α,β-unsaturated/α-hetero) is 1. The molecular weight excluding hydrogens is 128 g/mol. The Morgan fingerprint density at radius 1 is 1.70 bits per heavy atom. The minimum atomic E-state index is -0.355. The molecule has 2 nitrogen and oxygen atoms in total. The van der Waals surface area contributed by atoms with Crippen LogP contribution < -0.4 is 0 Å². The van der Waals surface area contributed by atoms with Crippen LogP contribution in [0.4, 0.5) is 0 Å². The molecular formula is C8H14O2. The number of carbonyl (C=O) groups excluding carboxylic acids is 1. The molecule has 10 heavy (non-hydrogen) atoms. The SMILES string of the molecule is CC[C@@H]1C(=O)CCC[C@@H]1O. The molecule has 0 heterocycles. The number of hydrogen-bond donors (Lipinski definition) is 1. The van der Waals surface area contributed by atoms with Gasteiger partial charge in [-0.2, -0.15) is 0 Å². The van der Waals surface area contributed by atoms with Crippen LogP contribution >= 0.6 is 0 Å². The van der Waals surface area contributed by atoms with E-state index in [1.165, 1.54) is 0 Å². The second-order valence-electron chi connectivity index (χ2n) is 2.94. The Morgan fingerprint density at radius 2 is 2.40 bits per heavy atom. The zero-order valence-corrected chi connectivity index (χ0v) is 6.34. The molecule has 0 aromatic carbocycles. The normalized spacial score (nSPS) is 34.4. The van der Waals surface area contributed by atoms with E-state index in [0.717, 1.165) is 19.3 Å². The van der Waals surface area contributed by atoms with Gasteiger partial charge in [0.25, 0.3) is 0 Å². The van der Waals surface area contributed by atoms with E-state index in [1.54, 1.807) is 0 Å².